The standard InChI is InChI=1S/C23H17ClF3N3O2/c1-31-22-11-8-16(13-28-22)15-6-9-18(10-7-15)32-14-17-12-21(23(25,26)27)29-30(17)20-5-3-2-4-19(20)24/h2-13H,14H2,1H3. The SMILES string of the molecule is COc1ccc(-c2ccc(OCc3cc(C(F)(F)F)nn3-c3ccccc3Cl)cc2)cn1. The zero-order valence-electron chi connectivity index (χ0n) is 16.8. The van der Waals surface area contributed by atoms with Crippen molar-refractivity contribution in [2.45, 2.75) is 12.8 Å². The number of hydrogen-bond acceptors (Lipinski definition) is 4. The normalized spacial score (nSPS) is 11.4. The van der Waals surface area contributed by atoms with E-state index in [0.717, 1.165) is 21.9 Å². The van der Waals surface area contributed by atoms with Crippen molar-refractivity contribution in [3.8, 4) is 28.4 Å². The second-order valence-corrected chi connectivity index (χ2v) is 7.19. The van der Waals surface area contributed by atoms with Gasteiger partial charge in [0.1, 0.15) is 12.4 Å². The molecule has 2 aromatic carbocycles. The lowest BCUT2D eigenvalue weighted by molar-refractivity contribution is -0.141. The van der Waals surface area contributed by atoms with Crippen LogP contribution in [0.3, 0.4) is 0 Å². The molecule has 0 saturated heterocycles. The van der Waals surface area contributed by atoms with E-state index in [0.29, 0.717) is 17.3 Å². The third kappa shape index (κ3) is 4.70. The summed E-state index contributed by atoms with van der Waals surface area (Å²) in [5.41, 5.74) is 1.34. The van der Waals surface area contributed by atoms with Crippen molar-refractivity contribution in [1.82, 2.24) is 14.8 Å². The Morgan fingerprint density at radius 2 is 1.69 bits per heavy atom. The highest BCUT2D eigenvalue weighted by molar-refractivity contribution is 6.32. The first-order chi connectivity index (χ1) is 15.3. The second kappa shape index (κ2) is 8.92. The molecule has 5 nitrogen and oxygen atoms in total. The van der Waals surface area contributed by atoms with Crippen molar-refractivity contribution in [2.24, 2.45) is 0 Å². The summed E-state index contributed by atoms with van der Waals surface area (Å²) in [5.74, 6) is 1.01. The van der Waals surface area contributed by atoms with Crippen LogP contribution in [0, 0.1) is 0 Å². The minimum Gasteiger partial charge on any atom is -0.487 e. The van der Waals surface area contributed by atoms with Gasteiger partial charge in [-0.1, -0.05) is 35.9 Å². The summed E-state index contributed by atoms with van der Waals surface area (Å²) in [5, 5.41) is 3.98. The van der Waals surface area contributed by atoms with Crippen LogP contribution in [0.25, 0.3) is 16.8 Å². The summed E-state index contributed by atoms with van der Waals surface area (Å²) in [6.45, 7) is -0.127. The fraction of sp³-hybridized carbons (Fsp3) is 0.130. The van der Waals surface area contributed by atoms with Crippen molar-refractivity contribution in [3.05, 3.63) is 89.3 Å². The molecule has 0 atom stereocenters. The predicted octanol–water partition coefficient (Wildman–Crippen LogP) is 6.19. The fourth-order valence-corrected chi connectivity index (χ4v) is 3.28. The van der Waals surface area contributed by atoms with E-state index in [2.05, 4.69) is 10.1 Å². The van der Waals surface area contributed by atoms with Crippen LogP contribution in [-0.2, 0) is 12.8 Å². The lowest BCUT2D eigenvalue weighted by Gasteiger charge is -2.11. The number of para-hydroxylation sites is 1. The second-order valence-electron chi connectivity index (χ2n) is 6.78. The molecule has 0 unspecified atom stereocenters. The van der Waals surface area contributed by atoms with E-state index in [-0.39, 0.29) is 17.3 Å². The number of methoxy groups -OCH3 is 1. The van der Waals surface area contributed by atoms with Crippen LogP contribution in [0.4, 0.5) is 13.2 Å². The predicted molar refractivity (Wildman–Crippen MR) is 114 cm³/mol. The highest BCUT2D eigenvalue weighted by Crippen LogP contribution is 2.31. The highest BCUT2D eigenvalue weighted by atomic mass is 35.5. The van der Waals surface area contributed by atoms with Gasteiger partial charge in [0.2, 0.25) is 5.88 Å². The number of benzene rings is 2. The summed E-state index contributed by atoms with van der Waals surface area (Å²) in [7, 11) is 1.55. The molecule has 0 aliphatic heterocycles. The van der Waals surface area contributed by atoms with Gasteiger partial charge in [-0.2, -0.15) is 18.3 Å². The summed E-state index contributed by atoms with van der Waals surface area (Å²) >= 11 is 6.17. The van der Waals surface area contributed by atoms with E-state index in [9.17, 15) is 13.2 Å². The van der Waals surface area contributed by atoms with Gasteiger partial charge >= 0.3 is 6.18 Å². The Labute approximate surface area is 187 Å². The van der Waals surface area contributed by atoms with Gasteiger partial charge in [-0.15, -0.1) is 0 Å². The van der Waals surface area contributed by atoms with Gasteiger partial charge in [-0.3, -0.25) is 0 Å². The van der Waals surface area contributed by atoms with Crippen LogP contribution >= 0.6 is 11.6 Å². The van der Waals surface area contributed by atoms with Crippen molar-refractivity contribution in [3.63, 3.8) is 0 Å². The number of nitrogens with zero attached hydrogens (tertiary/aromatic N) is 3. The fourth-order valence-electron chi connectivity index (χ4n) is 3.07. The molecule has 164 valence electrons. The topological polar surface area (TPSA) is 49.2 Å². The number of rotatable bonds is 6. The average molecular weight is 460 g/mol. The third-order valence-electron chi connectivity index (χ3n) is 4.67. The Morgan fingerprint density at radius 1 is 0.969 bits per heavy atom. The molecule has 0 spiro atoms. The molecular formula is C23H17ClF3N3O2. The highest BCUT2D eigenvalue weighted by Gasteiger charge is 2.35. The van der Waals surface area contributed by atoms with Crippen LogP contribution in [0.15, 0.2) is 72.9 Å². The molecule has 0 amide bonds. The van der Waals surface area contributed by atoms with Crippen LogP contribution < -0.4 is 9.47 Å². The quantitative estimate of drug-likeness (QED) is 0.345. The molecular weight excluding hydrogens is 443 g/mol. The van der Waals surface area contributed by atoms with Gasteiger partial charge in [-0.25, -0.2) is 9.67 Å². The smallest absolute Gasteiger partial charge is 0.435 e. The Balaban J connectivity index is 1.55. The maximum absolute atomic E-state index is 13.3. The molecule has 0 bridgehead atoms. The number of aromatic nitrogens is 3. The van der Waals surface area contributed by atoms with E-state index in [1.807, 2.05) is 18.2 Å². The van der Waals surface area contributed by atoms with Crippen LogP contribution in [0.2, 0.25) is 5.02 Å². The Hall–Kier alpha value is -3.52. The molecule has 4 aromatic rings. The molecule has 0 saturated carbocycles. The summed E-state index contributed by atoms with van der Waals surface area (Å²) in [6, 6.07) is 18.3. The number of ether oxygens (including phenoxy) is 2. The molecule has 0 fully saturated rings. The Bertz CT molecular complexity index is 1210. The lowest BCUT2D eigenvalue weighted by atomic mass is 10.1. The maximum Gasteiger partial charge on any atom is 0.435 e. The molecule has 32 heavy (non-hydrogen) atoms. The van der Waals surface area contributed by atoms with Crippen molar-refractivity contribution < 1.29 is 22.6 Å². The minimum absolute atomic E-state index is 0.127. The van der Waals surface area contributed by atoms with E-state index < -0.39 is 11.9 Å². The first-order valence-electron chi connectivity index (χ1n) is 9.49. The molecule has 2 heterocycles. The molecule has 9 heteroatoms. The molecule has 0 N–H and O–H groups in total. The molecule has 2 aromatic heterocycles. The molecule has 4 rings (SSSR count). The number of alkyl halides is 3. The van der Waals surface area contributed by atoms with Gasteiger partial charge in [-0.05, 0) is 42.0 Å². The van der Waals surface area contributed by atoms with Crippen molar-refractivity contribution in [1.29, 1.82) is 0 Å². The summed E-state index contributed by atoms with van der Waals surface area (Å²) < 4.78 is 51.7. The van der Waals surface area contributed by atoms with E-state index >= 15 is 0 Å². The van der Waals surface area contributed by atoms with Gasteiger partial charge in [0.25, 0.3) is 0 Å². The Morgan fingerprint density at radius 3 is 2.31 bits per heavy atom. The summed E-state index contributed by atoms with van der Waals surface area (Å²) in [4.78, 5) is 4.17. The average Bonchev–Trinajstić information content (AvgIpc) is 3.23. The third-order valence-corrected chi connectivity index (χ3v) is 4.99. The van der Waals surface area contributed by atoms with E-state index in [4.69, 9.17) is 21.1 Å². The molecule has 0 aliphatic rings. The summed E-state index contributed by atoms with van der Waals surface area (Å²) in [6.07, 6.45) is -2.90. The maximum atomic E-state index is 13.3. The van der Waals surface area contributed by atoms with Gasteiger partial charge in [0, 0.05) is 17.8 Å². The van der Waals surface area contributed by atoms with Gasteiger partial charge < -0.3 is 9.47 Å². The molecule has 0 aliphatic carbocycles. The van der Waals surface area contributed by atoms with Crippen LogP contribution in [-0.4, -0.2) is 21.9 Å². The van der Waals surface area contributed by atoms with Crippen LogP contribution in [0.1, 0.15) is 11.4 Å². The van der Waals surface area contributed by atoms with Crippen molar-refractivity contribution >= 4 is 11.6 Å². The number of halogens is 4. The van der Waals surface area contributed by atoms with Gasteiger partial charge in [0.15, 0.2) is 5.69 Å². The Kier molecular flexibility index (Phi) is 6.05. The first-order valence-corrected chi connectivity index (χ1v) is 9.87. The minimum atomic E-state index is -4.59. The van der Waals surface area contributed by atoms with Gasteiger partial charge in [0.05, 0.1) is 23.5 Å². The number of pyridine rings is 1. The molecule has 0 radical (unpaired) electrons. The van der Waals surface area contributed by atoms with Crippen molar-refractivity contribution in [2.75, 3.05) is 7.11 Å². The van der Waals surface area contributed by atoms with E-state index in [1.165, 1.54) is 0 Å². The lowest BCUT2D eigenvalue weighted by Crippen LogP contribution is -2.08. The largest absolute Gasteiger partial charge is 0.487 e. The van der Waals surface area contributed by atoms with E-state index in [1.54, 1.807) is 55.8 Å². The zero-order chi connectivity index (χ0) is 22.7. The van der Waals surface area contributed by atoms with Crippen LogP contribution in [0.5, 0.6) is 11.6 Å². The monoisotopic (exact) mass is 459 g/mol. The first kappa shape index (κ1) is 21.7. The number of hydrogen-bond donors (Lipinski definition) is 0. The zero-order valence-corrected chi connectivity index (χ0v) is 17.6.